The highest BCUT2D eigenvalue weighted by Gasteiger charge is 2.14. The number of benzene rings is 2. The van der Waals surface area contributed by atoms with Gasteiger partial charge in [0.05, 0.1) is 19.1 Å². The van der Waals surface area contributed by atoms with Crippen molar-refractivity contribution in [1.82, 2.24) is 14.6 Å². The first kappa shape index (κ1) is 20.0. The summed E-state index contributed by atoms with van der Waals surface area (Å²) in [4.78, 5) is 17.1. The van der Waals surface area contributed by atoms with E-state index in [0.29, 0.717) is 0 Å². The molecule has 0 spiro atoms. The van der Waals surface area contributed by atoms with Crippen LogP contribution in [0.1, 0.15) is 11.3 Å². The molecule has 2 aromatic carbocycles. The molecule has 0 unspecified atom stereocenters. The van der Waals surface area contributed by atoms with Crippen LogP contribution >= 0.6 is 11.8 Å². The Labute approximate surface area is 179 Å². The molecule has 6 nitrogen and oxygen atoms in total. The number of fused-ring (bicyclic) bond motifs is 1. The molecule has 0 aliphatic carbocycles. The predicted octanol–water partition coefficient (Wildman–Crippen LogP) is 4.75. The number of thioether (sulfide) groups is 1. The van der Waals surface area contributed by atoms with E-state index in [-0.39, 0.29) is 11.7 Å². The summed E-state index contributed by atoms with van der Waals surface area (Å²) in [6.45, 7) is 3.92. The normalized spacial score (nSPS) is 10.9. The number of nitrogens with zero attached hydrogens (tertiary/aromatic N) is 3. The van der Waals surface area contributed by atoms with Gasteiger partial charge in [0.1, 0.15) is 10.8 Å². The molecule has 7 heteroatoms. The fourth-order valence-corrected chi connectivity index (χ4v) is 4.03. The molecule has 152 valence electrons. The SMILES string of the molecule is COc1ccc(-c2cnn3c(SCC(=O)Nc4ccccc4C)cc(C)nc23)cc1. The van der Waals surface area contributed by atoms with Crippen molar-refractivity contribution in [2.45, 2.75) is 18.9 Å². The molecule has 0 saturated heterocycles. The van der Waals surface area contributed by atoms with Crippen LogP contribution in [0.3, 0.4) is 0 Å². The van der Waals surface area contributed by atoms with E-state index in [9.17, 15) is 4.79 Å². The van der Waals surface area contributed by atoms with Gasteiger partial charge in [0.2, 0.25) is 5.91 Å². The van der Waals surface area contributed by atoms with E-state index in [2.05, 4.69) is 15.4 Å². The molecule has 1 amide bonds. The lowest BCUT2D eigenvalue weighted by Crippen LogP contribution is -2.15. The average molecular weight is 419 g/mol. The van der Waals surface area contributed by atoms with Gasteiger partial charge < -0.3 is 10.1 Å². The topological polar surface area (TPSA) is 68.5 Å². The fraction of sp³-hybridized carbons (Fsp3) is 0.174. The minimum absolute atomic E-state index is 0.0561. The molecule has 1 N–H and O–H groups in total. The van der Waals surface area contributed by atoms with Crippen LogP contribution in [0.15, 0.2) is 65.8 Å². The summed E-state index contributed by atoms with van der Waals surface area (Å²) >= 11 is 1.44. The van der Waals surface area contributed by atoms with Crippen molar-refractivity contribution in [3.63, 3.8) is 0 Å². The zero-order valence-electron chi connectivity index (χ0n) is 17.0. The van der Waals surface area contributed by atoms with Gasteiger partial charge in [-0.3, -0.25) is 4.79 Å². The Morgan fingerprint density at radius 3 is 2.63 bits per heavy atom. The summed E-state index contributed by atoms with van der Waals surface area (Å²) in [7, 11) is 1.65. The highest BCUT2D eigenvalue weighted by molar-refractivity contribution is 7.99. The summed E-state index contributed by atoms with van der Waals surface area (Å²) in [6.07, 6.45) is 1.81. The van der Waals surface area contributed by atoms with Crippen LogP contribution in [0.5, 0.6) is 5.75 Å². The van der Waals surface area contributed by atoms with Gasteiger partial charge in [-0.15, -0.1) is 0 Å². The number of aromatic nitrogens is 3. The summed E-state index contributed by atoms with van der Waals surface area (Å²) in [5.41, 5.74) is 5.46. The number of rotatable bonds is 6. The van der Waals surface area contributed by atoms with Gasteiger partial charge in [0.15, 0.2) is 5.65 Å². The summed E-state index contributed by atoms with van der Waals surface area (Å²) < 4.78 is 7.03. The number of anilines is 1. The minimum Gasteiger partial charge on any atom is -0.497 e. The molecule has 0 fully saturated rings. The zero-order valence-corrected chi connectivity index (χ0v) is 17.9. The van der Waals surface area contributed by atoms with Crippen molar-refractivity contribution in [2.24, 2.45) is 0 Å². The molecule has 2 aromatic heterocycles. The summed E-state index contributed by atoms with van der Waals surface area (Å²) in [5, 5.41) is 8.37. The van der Waals surface area contributed by atoms with Crippen LogP contribution in [-0.4, -0.2) is 33.4 Å². The predicted molar refractivity (Wildman–Crippen MR) is 120 cm³/mol. The van der Waals surface area contributed by atoms with E-state index in [1.54, 1.807) is 17.8 Å². The number of carbonyl (C=O) groups excluding carboxylic acids is 1. The van der Waals surface area contributed by atoms with Gasteiger partial charge in [0, 0.05) is 16.9 Å². The molecule has 4 rings (SSSR count). The van der Waals surface area contributed by atoms with Gasteiger partial charge in [0.25, 0.3) is 0 Å². The first-order valence-electron chi connectivity index (χ1n) is 9.53. The molecule has 0 atom stereocenters. The van der Waals surface area contributed by atoms with Crippen LogP contribution in [0.2, 0.25) is 0 Å². The van der Waals surface area contributed by atoms with Crippen LogP contribution in [0.25, 0.3) is 16.8 Å². The van der Waals surface area contributed by atoms with Crippen molar-refractivity contribution in [3.05, 3.63) is 72.1 Å². The fourth-order valence-electron chi connectivity index (χ4n) is 3.17. The molecule has 0 saturated carbocycles. The Bertz CT molecular complexity index is 1200. The molecule has 0 radical (unpaired) electrons. The Kier molecular flexibility index (Phi) is 5.72. The van der Waals surface area contributed by atoms with Crippen LogP contribution < -0.4 is 10.1 Å². The number of carbonyl (C=O) groups is 1. The Balaban J connectivity index is 1.56. The van der Waals surface area contributed by atoms with Crippen molar-refractivity contribution in [1.29, 1.82) is 0 Å². The third kappa shape index (κ3) is 4.16. The van der Waals surface area contributed by atoms with E-state index >= 15 is 0 Å². The molecule has 2 heterocycles. The quantitative estimate of drug-likeness (QED) is 0.361. The molecule has 4 aromatic rings. The number of para-hydroxylation sites is 1. The largest absolute Gasteiger partial charge is 0.497 e. The average Bonchev–Trinajstić information content (AvgIpc) is 3.17. The van der Waals surface area contributed by atoms with E-state index in [1.165, 1.54) is 11.8 Å². The van der Waals surface area contributed by atoms with Gasteiger partial charge in [-0.1, -0.05) is 42.1 Å². The van der Waals surface area contributed by atoms with Crippen molar-refractivity contribution in [2.75, 3.05) is 18.2 Å². The number of amides is 1. The lowest BCUT2D eigenvalue weighted by atomic mass is 10.1. The number of hydrogen-bond donors (Lipinski definition) is 1. The standard InChI is InChI=1S/C23H22N4O2S/c1-15-6-4-5-7-20(15)26-21(28)14-30-22-12-16(2)25-23-19(13-24-27(22)23)17-8-10-18(29-3)11-9-17/h4-13H,14H2,1-3H3,(H,26,28). The molecule has 0 aliphatic heterocycles. The zero-order chi connectivity index (χ0) is 21.1. The van der Waals surface area contributed by atoms with E-state index in [1.807, 2.05) is 68.4 Å². The Hall–Kier alpha value is -3.32. The molecular weight excluding hydrogens is 396 g/mol. The van der Waals surface area contributed by atoms with Crippen LogP contribution in [0, 0.1) is 13.8 Å². The summed E-state index contributed by atoms with van der Waals surface area (Å²) in [5.74, 6) is 1.03. The number of nitrogens with one attached hydrogen (secondary N) is 1. The van der Waals surface area contributed by atoms with E-state index in [0.717, 1.165) is 44.5 Å². The molecule has 0 aliphatic rings. The van der Waals surface area contributed by atoms with Gasteiger partial charge in [-0.25, -0.2) is 9.50 Å². The monoisotopic (exact) mass is 418 g/mol. The number of aryl methyl sites for hydroxylation is 2. The second-order valence-corrected chi connectivity index (χ2v) is 7.91. The van der Waals surface area contributed by atoms with Gasteiger partial charge in [-0.2, -0.15) is 5.10 Å². The highest BCUT2D eigenvalue weighted by Crippen LogP contribution is 2.29. The van der Waals surface area contributed by atoms with Crippen molar-refractivity contribution >= 4 is 29.0 Å². The maximum absolute atomic E-state index is 12.5. The second-order valence-electron chi connectivity index (χ2n) is 6.91. The molecular formula is C23H22N4O2S. The second kappa shape index (κ2) is 8.59. The summed E-state index contributed by atoms with van der Waals surface area (Å²) in [6, 6.07) is 17.5. The van der Waals surface area contributed by atoms with Crippen molar-refractivity contribution in [3.8, 4) is 16.9 Å². The maximum Gasteiger partial charge on any atom is 0.234 e. The third-order valence-corrected chi connectivity index (χ3v) is 5.73. The minimum atomic E-state index is -0.0561. The highest BCUT2D eigenvalue weighted by atomic mass is 32.2. The molecule has 0 bridgehead atoms. The number of hydrogen-bond acceptors (Lipinski definition) is 5. The number of methoxy groups -OCH3 is 1. The van der Waals surface area contributed by atoms with Crippen molar-refractivity contribution < 1.29 is 9.53 Å². The van der Waals surface area contributed by atoms with E-state index in [4.69, 9.17) is 4.74 Å². The Morgan fingerprint density at radius 1 is 1.13 bits per heavy atom. The lowest BCUT2D eigenvalue weighted by Gasteiger charge is -2.09. The smallest absolute Gasteiger partial charge is 0.234 e. The molecule has 30 heavy (non-hydrogen) atoms. The maximum atomic E-state index is 12.5. The first-order valence-corrected chi connectivity index (χ1v) is 10.5. The lowest BCUT2D eigenvalue weighted by molar-refractivity contribution is -0.113. The van der Waals surface area contributed by atoms with Crippen LogP contribution in [-0.2, 0) is 4.79 Å². The third-order valence-electron chi connectivity index (χ3n) is 4.74. The Morgan fingerprint density at radius 2 is 1.90 bits per heavy atom. The van der Waals surface area contributed by atoms with Crippen LogP contribution in [0.4, 0.5) is 5.69 Å². The van der Waals surface area contributed by atoms with Gasteiger partial charge >= 0.3 is 0 Å². The van der Waals surface area contributed by atoms with E-state index < -0.39 is 0 Å². The first-order chi connectivity index (χ1) is 14.5. The van der Waals surface area contributed by atoms with Gasteiger partial charge in [-0.05, 0) is 49.2 Å². The number of ether oxygens (including phenoxy) is 1.